The van der Waals surface area contributed by atoms with Crippen LogP contribution in [0.15, 0.2) is 18.2 Å². The molecule has 3 heteroatoms. The Hall–Kier alpha value is -0.990. The number of aromatic nitrogens is 1. The lowest BCUT2D eigenvalue weighted by Crippen LogP contribution is -2.24. The summed E-state index contributed by atoms with van der Waals surface area (Å²) in [5.74, 6) is 0. The number of nitrogens with one attached hydrogen (secondary N) is 1. The molecule has 0 atom stereocenters. The number of benzene rings is 1. The fraction of sp³-hybridized carbons (Fsp3) is 0.333. The maximum absolute atomic E-state index is 6.24. The Bertz CT molecular complexity index is 528. The number of rotatable bonds is 0. The Morgan fingerprint density at radius 1 is 1.40 bits per heavy atom. The molecule has 78 valence electrons. The van der Waals surface area contributed by atoms with E-state index in [9.17, 15) is 0 Å². The van der Waals surface area contributed by atoms with Crippen molar-refractivity contribution in [2.45, 2.75) is 13.0 Å². The zero-order valence-electron chi connectivity index (χ0n) is 8.68. The van der Waals surface area contributed by atoms with Gasteiger partial charge in [0, 0.05) is 37.6 Å². The molecule has 0 amide bonds. The van der Waals surface area contributed by atoms with Crippen LogP contribution in [0, 0.1) is 0 Å². The highest BCUT2D eigenvalue weighted by atomic mass is 35.5. The van der Waals surface area contributed by atoms with Crippen molar-refractivity contribution in [3.05, 3.63) is 34.5 Å². The third kappa shape index (κ3) is 1.22. The summed E-state index contributed by atoms with van der Waals surface area (Å²) in [5.41, 5.74) is 4.02. The van der Waals surface area contributed by atoms with Gasteiger partial charge in [-0.05, 0) is 11.6 Å². The van der Waals surface area contributed by atoms with Crippen molar-refractivity contribution in [1.82, 2.24) is 9.88 Å². The van der Waals surface area contributed by atoms with Crippen molar-refractivity contribution < 1.29 is 0 Å². The first-order valence-corrected chi connectivity index (χ1v) is 5.62. The number of para-hydroxylation sites is 1. The van der Waals surface area contributed by atoms with Crippen LogP contribution >= 0.6 is 11.6 Å². The van der Waals surface area contributed by atoms with Crippen LogP contribution in [0.1, 0.15) is 11.3 Å². The summed E-state index contributed by atoms with van der Waals surface area (Å²) in [6.07, 6.45) is 1.09. The van der Waals surface area contributed by atoms with Gasteiger partial charge in [-0.3, -0.25) is 0 Å². The Balaban J connectivity index is 2.44. The largest absolute Gasteiger partial charge is 0.346 e. The average molecular weight is 221 g/mol. The Kier molecular flexibility index (Phi) is 2.01. The van der Waals surface area contributed by atoms with Crippen molar-refractivity contribution in [3.63, 3.8) is 0 Å². The van der Waals surface area contributed by atoms with Crippen molar-refractivity contribution in [3.8, 4) is 0 Å². The van der Waals surface area contributed by atoms with Crippen molar-refractivity contribution in [2.24, 2.45) is 7.05 Å². The summed E-state index contributed by atoms with van der Waals surface area (Å²) < 4.78 is 2.24. The highest BCUT2D eigenvalue weighted by molar-refractivity contribution is 6.35. The van der Waals surface area contributed by atoms with Crippen LogP contribution in [0.3, 0.4) is 0 Å². The van der Waals surface area contributed by atoms with Gasteiger partial charge in [-0.1, -0.05) is 23.7 Å². The summed E-state index contributed by atoms with van der Waals surface area (Å²) in [6.45, 7) is 2.03. The summed E-state index contributed by atoms with van der Waals surface area (Å²) >= 11 is 6.24. The van der Waals surface area contributed by atoms with E-state index >= 15 is 0 Å². The summed E-state index contributed by atoms with van der Waals surface area (Å²) in [6, 6.07) is 6.15. The molecule has 15 heavy (non-hydrogen) atoms. The molecule has 0 spiro atoms. The lowest BCUT2D eigenvalue weighted by molar-refractivity contribution is 0.622. The average Bonchev–Trinajstić information content (AvgIpc) is 2.55. The first kappa shape index (κ1) is 9.25. The van der Waals surface area contributed by atoms with Crippen LogP contribution < -0.4 is 5.32 Å². The molecule has 1 aliphatic heterocycles. The second-order valence-corrected chi connectivity index (χ2v) is 4.45. The highest BCUT2D eigenvalue weighted by Gasteiger charge is 2.18. The molecule has 0 fully saturated rings. The lowest BCUT2D eigenvalue weighted by Gasteiger charge is -2.14. The molecule has 1 aromatic carbocycles. The molecule has 0 radical (unpaired) electrons. The number of halogens is 1. The summed E-state index contributed by atoms with van der Waals surface area (Å²) in [4.78, 5) is 0. The maximum atomic E-state index is 6.24. The van der Waals surface area contributed by atoms with Crippen molar-refractivity contribution in [1.29, 1.82) is 0 Å². The van der Waals surface area contributed by atoms with E-state index in [0.717, 1.165) is 24.5 Å². The maximum Gasteiger partial charge on any atom is 0.0672 e. The van der Waals surface area contributed by atoms with Gasteiger partial charge in [0.25, 0.3) is 0 Å². The fourth-order valence-electron chi connectivity index (χ4n) is 2.53. The van der Waals surface area contributed by atoms with Crippen LogP contribution in [-0.2, 0) is 20.0 Å². The van der Waals surface area contributed by atoms with Gasteiger partial charge >= 0.3 is 0 Å². The Morgan fingerprint density at radius 3 is 3.13 bits per heavy atom. The molecule has 0 aliphatic carbocycles. The van der Waals surface area contributed by atoms with E-state index in [4.69, 9.17) is 11.6 Å². The molecule has 2 heterocycles. The van der Waals surface area contributed by atoms with E-state index in [1.54, 1.807) is 0 Å². The molecule has 0 saturated heterocycles. The standard InChI is InChI=1S/C12H13ClN2/c1-15-11-5-6-14-7-9(11)8-3-2-4-10(13)12(8)15/h2-4,14H,5-7H2,1H3. The quantitative estimate of drug-likeness (QED) is 0.722. The van der Waals surface area contributed by atoms with Gasteiger partial charge in [0.05, 0.1) is 10.5 Å². The molecule has 1 aliphatic rings. The smallest absolute Gasteiger partial charge is 0.0672 e. The third-order valence-electron chi connectivity index (χ3n) is 3.24. The molecular weight excluding hydrogens is 208 g/mol. The monoisotopic (exact) mass is 220 g/mol. The fourth-order valence-corrected chi connectivity index (χ4v) is 2.83. The van der Waals surface area contributed by atoms with E-state index in [0.29, 0.717) is 0 Å². The van der Waals surface area contributed by atoms with E-state index in [2.05, 4.69) is 23.0 Å². The number of aryl methyl sites for hydroxylation is 1. The van der Waals surface area contributed by atoms with Gasteiger partial charge in [-0.2, -0.15) is 0 Å². The predicted octanol–water partition coefficient (Wildman–Crippen LogP) is 2.48. The number of fused-ring (bicyclic) bond motifs is 3. The van der Waals surface area contributed by atoms with E-state index < -0.39 is 0 Å². The minimum atomic E-state index is 0.851. The molecule has 0 unspecified atom stereocenters. The molecular formula is C12H13ClN2. The second kappa shape index (κ2) is 3.26. The van der Waals surface area contributed by atoms with Gasteiger partial charge in [0.1, 0.15) is 0 Å². The van der Waals surface area contributed by atoms with Crippen LogP contribution in [-0.4, -0.2) is 11.1 Å². The molecule has 1 N–H and O–H groups in total. The molecule has 2 aromatic rings. The van der Waals surface area contributed by atoms with Crippen LogP contribution in [0.2, 0.25) is 5.02 Å². The Morgan fingerprint density at radius 2 is 2.27 bits per heavy atom. The highest BCUT2D eigenvalue weighted by Crippen LogP contribution is 2.31. The zero-order valence-corrected chi connectivity index (χ0v) is 9.43. The lowest BCUT2D eigenvalue weighted by atomic mass is 10.1. The molecule has 0 saturated carbocycles. The molecule has 0 bridgehead atoms. The molecule has 1 aromatic heterocycles. The number of hydrogen-bond donors (Lipinski definition) is 1. The van der Waals surface area contributed by atoms with Crippen LogP contribution in [0.5, 0.6) is 0 Å². The van der Waals surface area contributed by atoms with Gasteiger partial charge < -0.3 is 9.88 Å². The topological polar surface area (TPSA) is 17.0 Å². The third-order valence-corrected chi connectivity index (χ3v) is 3.55. The van der Waals surface area contributed by atoms with Crippen LogP contribution in [0.25, 0.3) is 10.9 Å². The zero-order chi connectivity index (χ0) is 10.4. The van der Waals surface area contributed by atoms with Gasteiger partial charge in [0.2, 0.25) is 0 Å². The summed E-state index contributed by atoms with van der Waals surface area (Å²) in [5, 5.41) is 5.56. The van der Waals surface area contributed by atoms with Crippen molar-refractivity contribution >= 4 is 22.5 Å². The first-order valence-electron chi connectivity index (χ1n) is 5.24. The summed E-state index contributed by atoms with van der Waals surface area (Å²) in [7, 11) is 2.11. The predicted molar refractivity (Wildman–Crippen MR) is 63.3 cm³/mol. The van der Waals surface area contributed by atoms with Gasteiger partial charge in [-0.15, -0.1) is 0 Å². The van der Waals surface area contributed by atoms with E-state index in [1.165, 1.54) is 22.2 Å². The van der Waals surface area contributed by atoms with Gasteiger partial charge in [-0.25, -0.2) is 0 Å². The van der Waals surface area contributed by atoms with Crippen LogP contribution in [0.4, 0.5) is 0 Å². The SMILES string of the molecule is Cn1c2c(c3cccc(Cl)c31)CNCC2. The van der Waals surface area contributed by atoms with E-state index in [1.807, 2.05) is 12.1 Å². The second-order valence-electron chi connectivity index (χ2n) is 4.05. The minimum absolute atomic E-state index is 0.851. The first-order chi connectivity index (χ1) is 7.29. The van der Waals surface area contributed by atoms with E-state index in [-0.39, 0.29) is 0 Å². The minimum Gasteiger partial charge on any atom is -0.346 e. The Labute approximate surface area is 93.8 Å². The molecule has 3 rings (SSSR count). The number of hydrogen-bond acceptors (Lipinski definition) is 1. The normalized spacial score (nSPS) is 15.6. The molecule has 2 nitrogen and oxygen atoms in total. The van der Waals surface area contributed by atoms with Crippen molar-refractivity contribution in [2.75, 3.05) is 6.54 Å². The van der Waals surface area contributed by atoms with Gasteiger partial charge in [0.15, 0.2) is 0 Å². The number of nitrogens with zero attached hydrogens (tertiary/aromatic N) is 1.